The molecule has 0 spiro atoms. The van der Waals surface area contributed by atoms with E-state index >= 15 is 0 Å². The van der Waals surface area contributed by atoms with Crippen molar-refractivity contribution in [3.05, 3.63) is 176 Å². The largest absolute Gasteiger partial charge is 0.456 e. The van der Waals surface area contributed by atoms with Gasteiger partial charge >= 0.3 is 0 Å². The monoisotopic (exact) mass is 667 g/mol. The maximum Gasteiger partial charge on any atom is 0.137 e. The van der Waals surface area contributed by atoms with E-state index in [0.29, 0.717) is 0 Å². The highest BCUT2D eigenvalue weighted by molar-refractivity contribution is 7.25. The topological polar surface area (TPSA) is 16.4 Å². The third-order valence-corrected chi connectivity index (χ3v) is 11.6. The predicted molar refractivity (Wildman–Crippen MR) is 219 cm³/mol. The Kier molecular flexibility index (Phi) is 6.16. The highest BCUT2D eigenvalue weighted by Gasteiger charge is 2.17. The molecule has 0 aliphatic rings. The van der Waals surface area contributed by atoms with E-state index in [-0.39, 0.29) is 0 Å². The van der Waals surface area contributed by atoms with Gasteiger partial charge in [-0.3, -0.25) is 0 Å². The lowest BCUT2D eigenvalue weighted by atomic mass is 9.95. The number of hydrogen-bond acceptors (Lipinski definition) is 3. The first-order valence-electron chi connectivity index (χ1n) is 17.3. The van der Waals surface area contributed by atoms with Gasteiger partial charge < -0.3 is 9.32 Å². The van der Waals surface area contributed by atoms with Crippen molar-refractivity contribution in [3.8, 4) is 11.1 Å². The zero-order chi connectivity index (χ0) is 33.5. The average molecular weight is 668 g/mol. The molecular weight excluding hydrogens is 639 g/mol. The molecule has 0 aliphatic carbocycles. The molecule has 0 saturated carbocycles. The lowest BCUT2D eigenvalue weighted by molar-refractivity contribution is 0.669. The lowest BCUT2D eigenvalue weighted by Gasteiger charge is -2.26. The Hall–Kier alpha value is -6.42. The van der Waals surface area contributed by atoms with Crippen LogP contribution in [0, 0.1) is 0 Å². The van der Waals surface area contributed by atoms with Crippen LogP contribution in [0.5, 0.6) is 0 Å². The molecule has 0 radical (unpaired) electrons. The zero-order valence-corrected chi connectivity index (χ0v) is 28.3. The number of para-hydroxylation sites is 1. The summed E-state index contributed by atoms with van der Waals surface area (Å²) in [6, 6.07) is 63.9. The summed E-state index contributed by atoms with van der Waals surface area (Å²) in [7, 11) is 0. The molecule has 2 aromatic heterocycles. The number of thiophene rings is 1. The van der Waals surface area contributed by atoms with E-state index in [1.165, 1.54) is 63.6 Å². The number of rotatable bonds is 4. The summed E-state index contributed by atoms with van der Waals surface area (Å²) < 4.78 is 8.96. The second-order valence-electron chi connectivity index (χ2n) is 13.3. The van der Waals surface area contributed by atoms with Gasteiger partial charge in [0.25, 0.3) is 0 Å². The fourth-order valence-electron chi connectivity index (χ4n) is 7.97. The predicted octanol–water partition coefficient (Wildman–Crippen LogP) is 14.6. The van der Waals surface area contributed by atoms with E-state index in [1.807, 2.05) is 23.5 Å². The van der Waals surface area contributed by atoms with Crippen LogP contribution >= 0.6 is 11.3 Å². The summed E-state index contributed by atoms with van der Waals surface area (Å²) in [5.41, 5.74) is 7.43. The SMILES string of the molecule is c1ccc2c(c1)ccc1c3ccc(-c4ccc(N(c5ccc6c(c5)oc5ccccc56)c5ccc6sc7ccccc7c6c5)cc4)cc3ccc21. The molecule has 11 aromatic rings. The molecule has 51 heavy (non-hydrogen) atoms. The quantitative estimate of drug-likeness (QED) is 0.174. The van der Waals surface area contributed by atoms with Crippen LogP contribution in [-0.2, 0) is 0 Å². The van der Waals surface area contributed by atoms with Crippen molar-refractivity contribution in [2.45, 2.75) is 0 Å². The molecule has 0 fully saturated rings. The van der Waals surface area contributed by atoms with Crippen molar-refractivity contribution in [2.24, 2.45) is 0 Å². The van der Waals surface area contributed by atoms with Gasteiger partial charge in [0.15, 0.2) is 0 Å². The molecule has 238 valence electrons. The Morgan fingerprint density at radius 1 is 0.333 bits per heavy atom. The molecule has 9 aromatic carbocycles. The van der Waals surface area contributed by atoms with E-state index in [4.69, 9.17) is 4.42 Å². The fourth-order valence-corrected chi connectivity index (χ4v) is 9.05. The zero-order valence-electron chi connectivity index (χ0n) is 27.5. The van der Waals surface area contributed by atoms with Gasteiger partial charge in [-0.2, -0.15) is 0 Å². The number of furan rings is 1. The summed E-state index contributed by atoms with van der Waals surface area (Å²) in [5, 5.41) is 12.5. The Bertz CT molecular complexity index is 3150. The van der Waals surface area contributed by atoms with Crippen LogP contribution in [0.1, 0.15) is 0 Å². The Balaban J connectivity index is 1.03. The first-order chi connectivity index (χ1) is 25.2. The van der Waals surface area contributed by atoms with Crippen molar-refractivity contribution in [1.82, 2.24) is 0 Å². The van der Waals surface area contributed by atoms with Gasteiger partial charge in [0, 0.05) is 54.1 Å². The van der Waals surface area contributed by atoms with Gasteiger partial charge in [0.05, 0.1) is 0 Å². The summed E-state index contributed by atoms with van der Waals surface area (Å²) in [5.74, 6) is 0. The van der Waals surface area contributed by atoms with Crippen LogP contribution in [-0.4, -0.2) is 0 Å². The normalized spacial score (nSPS) is 11.9. The number of benzene rings is 9. The van der Waals surface area contributed by atoms with Crippen LogP contribution in [0.25, 0.3) is 85.6 Å². The molecule has 11 rings (SSSR count). The molecule has 3 heteroatoms. The van der Waals surface area contributed by atoms with E-state index < -0.39 is 0 Å². The average Bonchev–Trinajstić information content (AvgIpc) is 3.75. The van der Waals surface area contributed by atoms with E-state index in [2.05, 4.69) is 169 Å². The summed E-state index contributed by atoms with van der Waals surface area (Å²) >= 11 is 1.85. The van der Waals surface area contributed by atoms with Gasteiger partial charge in [0.1, 0.15) is 11.2 Å². The molecule has 0 atom stereocenters. The van der Waals surface area contributed by atoms with Crippen LogP contribution < -0.4 is 4.90 Å². The minimum absolute atomic E-state index is 0.883. The van der Waals surface area contributed by atoms with E-state index in [0.717, 1.165) is 39.0 Å². The Labute approximate surface area is 298 Å². The highest BCUT2D eigenvalue weighted by Crippen LogP contribution is 2.43. The standard InChI is InChI=1S/C48H29NOS/c1-2-8-37-31(7-1)15-23-40-38-22-16-32(27-33(38)17-24-39(37)40)30-13-18-34(19-14-30)49(35-21-26-48-44(28-35)43-10-4-6-12-47(43)51-48)36-20-25-42-41-9-3-5-11-45(41)50-46(42)29-36/h1-29H. The van der Waals surface area contributed by atoms with Crippen molar-refractivity contribution in [2.75, 3.05) is 4.90 Å². The molecule has 0 saturated heterocycles. The molecule has 0 bridgehead atoms. The van der Waals surface area contributed by atoms with Crippen molar-refractivity contribution >= 4 is 103 Å². The molecule has 2 heterocycles. The third kappa shape index (κ3) is 4.49. The van der Waals surface area contributed by atoms with Crippen molar-refractivity contribution in [1.29, 1.82) is 0 Å². The fraction of sp³-hybridized carbons (Fsp3) is 0. The highest BCUT2D eigenvalue weighted by atomic mass is 32.1. The molecule has 0 N–H and O–H groups in total. The number of nitrogens with zero attached hydrogens (tertiary/aromatic N) is 1. The van der Waals surface area contributed by atoms with Gasteiger partial charge in [-0.05, 0) is 104 Å². The Morgan fingerprint density at radius 2 is 0.922 bits per heavy atom. The smallest absolute Gasteiger partial charge is 0.137 e. The lowest BCUT2D eigenvalue weighted by Crippen LogP contribution is -2.09. The number of anilines is 3. The molecule has 0 amide bonds. The van der Waals surface area contributed by atoms with E-state index in [9.17, 15) is 0 Å². The summed E-state index contributed by atoms with van der Waals surface area (Å²) in [4.78, 5) is 2.35. The summed E-state index contributed by atoms with van der Waals surface area (Å²) in [6.45, 7) is 0. The second kappa shape index (κ2) is 11.0. The van der Waals surface area contributed by atoms with Gasteiger partial charge in [-0.25, -0.2) is 0 Å². The van der Waals surface area contributed by atoms with Crippen LogP contribution in [0.2, 0.25) is 0 Å². The molecular formula is C48H29NOS. The van der Waals surface area contributed by atoms with Gasteiger partial charge in [0.2, 0.25) is 0 Å². The first-order valence-corrected chi connectivity index (χ1v) is 18.1. The minimum atomic E-state index is 0.883. The molecule has 0 aliphatic heterocycles. The molecule has 0 unspecified atom stereocenters. The van der Waals surface area contributed by atoms with Crippen molar-refractivity contribution < 1.29 is 4.42 Å². The van der Waals surface area contributed by atoms with Crippen LogP contribution in [0.3, 0.4) is 0 Å². The van der Waals surface area contributed by atoms with Gasteiger partial charge in [-0.1, -0.05) is 109 Å². The number of hydrogen-bond donors (Lipinski definition) is 0. The summed E-state index contributed by atoms with van der Waals surface area (Å²) in [6.07, 6.45) is 0. The maximum atomic E-state index is 6.37. The van der Waals surface area contributed by atoms with Gasteiger partial charge in [-0.15, -0.1) is 11.3 Å². The molecule has 2 nitrogen and oxygen atoms in total. The van der Waals surface area contributed by atoms with Crippen molar-refractivity contribution in [3.63, 3.8) is 0 Å². The third-order valence-electron chi connectivity index (χ3n) is 10.4. The van der Waals surface area contributed by atoms with Crippen LogP contribution in [0.15, 0.2) is 180 Å². The maximum absolute atomic E-state index is 6.37. The number of fused-ring (bicyclic) bond motifs is 11. The van der Waals surface area contributed by atoms with Crippen LogP contribution in [0.4, 0.5) is 17.1 Å². The first kappa shape index (κ1) is 28.4. The Morgan fingerprint density at radius 3 is 1.80 bits per heavy atom. The minimum Gasteiger partial charge on any atom is -0.456 e. The van der Waals surface area contributed by atoms with E-state index in [1.54, 1.807) is 0 Å². The second-order valence-corrected chi connectivity index (χ2v) is 14.4.